The highest BCUT2D eigenvalue weighted by Gasteiger charge is 2.31. The van der Waals surface area contributed by atoms with Crippen molar-refractivity contribution in [2.24, 2.45) is 0 Å². The Labute approximate surface area is 155 Å². The first-order valence-corrected chi connectivity index (χ1v) is 8.48. The molecule has 3 rings (SSSR count). The van der Waals surface area contributed by atoms with Crippen LogP contribution in [0.15, 0.2) is 36.4 Å². The average Bonchev–Trinajstić information content (AvgIpc) is 2.65. The Morgan fingerprint density at radius 3 is 2.69 bits per heavy atom. The molecular formula is C19H18ClFN2O3. The van der Waals surface area contributed by atoms with E-state index in [1.165, 1.54) is 17.0 Å². The highest BCUT2D eigenvalue weighted by atomic mass is 35.5. The largest absolute Gasteiger partial charge is 0.497 e. The number of nitrogens with zero attached hydrogens (tertiary/aromatic N) is 2. The molecule has 0 aliphatic carbocycles. The van der Waals surface area contributed by atoms with Crippen LogP contribution in [0, 0.1) is 12.7 Å². The number of anilines is 1. The molecule has 0 aromatic heterocycles. The smallest absolute Gasteiger partial charge is 0.258 e. The lowest BCUT2D eigenvalue weighted by molar-refractivity contribution is -0.120. The van der Waals surface area contributed by atoms with Crippen molar-refractivity contribution in [3.8, 4) is 5.75 Å². The van der Waals surface area contributed by atoms with Gasteiger partial charge in [0, 0.05) is 24.8 Å². The molecule has 2 aromatic carbocycles. The van der Waals surface area contributed by atoms with Crippen LogP contribution in [-0.2, 0) is 4.79 Å². The minimum atomic E-state index is -0.687. The van der Waals surface area contributed by atoms with Crippen LogP contribution in [0.2, 0.25) is 5.02 Å². The summed E-state index contributed by atoms with van der Waals surface area (Å²) in [5.74, 6) is -0.868. The number of hydrogen-bond donors (Lipinski definition) is 0. The SMILES string of the molecule is COc1cccc(N2CCN(C(=O)c3c(F)ccc(C)c3Cl)CC2=O)c1. The number of aryl methyl sites for hydroxylation is 1. The highest BCUT2D eigenvalue weighted by molar-refractivity contribution is 6.34. The maximum atomic E-state index is 14.1. The van der Waals surface area contributed by atoms with Crippen molar-refractivity contribution < 1.29 is 18.7 Å². The molecule has 1 heterocycles. The Morgan fingerprint density at radius 1 is 1.23 bits per heavy atom. The van der Waals surface area contributed by atoms with Crippen LogP contribution in [0.4, 0.5) is 10.1 Å². The molecule has 0 spiro atoms. The maximum absolute atomic E-state index is 14.1. The van der Waals surface area contributed by atoms with E-state index in [1.54, 1.807) is 43.2 Å². The van der Waals surface area contributed by atoms with Gasteiger partial charge >= 0.3 is 0 Å². The van der Waals surface area contributed by atoms with E-state index in [0.717, 1.165) is 0 Å². The van der Waals surface area contributed by atoms with Crippen LogP contribution >= 0.6 is 11.6 Å². The Kier molecular flexibility index (Phi) is 5.13. The first kappa shape index (κ1) is 18.2. The average molecular weight is 377 g/mol. The van der Waals surface area contributed by atoms with Crippen molar-refractivity contribution in [2.75, 3.05) is 31.6 Å². The van der Waals surface area contributed by atoms with Gasteiger partial charge in [-0.1, -0.05) is 23.7 Å². The number of hydrogen-bond acceptors (Lipinski definition) is 3. The van der Waals surface area contributed by atoms with Crippen molar-refractivity contribution >= 4 is 29.1 Å². The standard InChI is InChI=1S/C19H18ClFN2O3/c1-12-6-7-15(21)17(18(12)20)19(25)22-8-9-23(16(24)11-22)13-4-3-5-14(10-13)26-2/h3-7,10H,8-9,11H2,1-2H3. The third-order valence-electron chi connectivity index (χ3n) is 4.37. The number of halogens is 2. The zero-order valence-electron chi connectivity index (χ0n) is 14.5. The fraction of sp³-hybridized carbons (Fsp3) is 0.263. The second kappa shape index (κ2) is 7.33. The summed E-state index contributed by atoms with van der Waals surface area (Å²) in [5.41, 5.74) is 1.12. The number of benzene rings is 2. The summed E-state index contributed by atoms with van der Waals surface area (Å²) in [5, 5.41) is 0.0812. The van der Waals surface area contributed by atoms with Gasteiger partial charge in [0.15, 0.2) is 0 Å². The van der Waals surface area contributed by atoms with Gasteiger partial charge in [0.25, 0.3) is 5.91 Å². The van der Waals surface area contributed by atoms with Gasteiger partial charge in [0.05, 0.1) is 17.7 Å². The lowest BCUT2D eigenvalue weighted by Gasteiger charge is -2.34. The van der Waals surface area contributed by atoms with E-state index < -0.39 is 11.7 Å². The fourth-order valence-electron chi connectivity index (χ4n) is 2.91. The minimum Gasteiger partial charge on any atom is -0.497 e. The maximum Gasteiger partial charge on any atom is 0.258 e. The Hall–Kier alpha value is -2.60. The molecule has 1 fully saturated rings. The molecule has 1 saturated heterocycles. The number of rotatable bonds is 3. The van der Waals surface area contributed by atoms with Crippen molar-refractivity contribution in [1.82, 2.24) is 4.90 Å². The first-order valence-electron chi connectivity index (χ1n) is 8.10. The van der Waals surface area contributed by atoms with Gasteiger partial charge in [0.1, 0.15) is 18.1 Å². The zero-order chi connectivity index (χ0) is 18.8. The van der Waals surface area contributed by atoms with Gasteiger partial charge in [-0.05, 0) is 30.7 Å². The van der Waals surface area contributed by atoms with Gasteiger partial charge < -0.3 is 14.5 Å². The molecule has 0 atom stereocenters. The second-order valence-electron chi connectivity index (χ2n) is 6.03. The monoisotopic (exact) mass is 376 g/mol. The van der Waals surface area contributed by atoms with E-state index in [4.69, 9.17) is 16.3 Å². The molecule has 0 radical (unpaired) electrons. The molecule has 0 N–H and O–H groups in total. The normalized spacial score (nSPS) is 14.5. The molecule has 1 aliphatic rings. The summed E-state index contributed by atoms with van der Waals surface area (Å²) in [7, 11) is 1.55. The van der Waals surface area contributed by atoms with Gasteiger partial charge in [-0.3, -0.25) is 9.59 Å². The van der Waals surface area contributed by atoms with Crippen LogP contribution in [0.5, 0.6) is 5.75 Å². The quantitative estimate of drug-likeness (QED) is 0.826. The lowest BCUT2D eigenvalue weighted by atomic mass is 10.1. The molecule has 1 aliphatic heterocycles. The van der Waals surface area contributed by atoms with Gasteiger partial charge in [-0.25, -0.2) is 4.39 Å². The number of methoxy groups -OCH3 is 1. The third kappa shape index (κ3) is 3.37. The van der Waals surface area contributed by atoms with Crippen molar-refractivity contribution in [3.63, 3.8) is 0 Å². The molecule has 0 unspecified atom stereocenters. The topological polar surface area (TPSA) is 49.9 Å². The summed E-state index contributed by atoms with van der Waals surface area (Å²) in [6.45, 7) is 2.15. The molecule has 136 valence electrons. The Balaban J connectivity index is 1.80. The minimum absolute atomic E-state index is 0.0812. The molecule has 2 aromatic rings. The first-order chi connectivity index (χ1) is 12.4. The molecule has 2 amide bonds. The highest BCUT2D eigenvalue weighted by Crippen LogP contribution is 2.27. The van der Waals surface area contributed by atoms with Crippen molar-refractivity contribution in [2.45, 2.75) is 6.92 Å². The molecular weight excluding hydrogens is 359 g/mol. The summed E-state index contributed by atoms with van der Waals surface area (Å²) in [6, 6.07) is 9.86. The Morgan fingerprint density at radius 2 is 2.00 bits per heavy atom. The predicted octanol–water partition coefficient (Wildman–Crippen LogP) is 3.29. The molecule has 0 saturated carbocycles. The number of carbonyl (C=O) groups is 2. The van der Waals surface area contributed by atoms with E-state index in [9.17, 15) is 14.0 Å². The van der Waals surface area contributed by atoms with Gasteiger partial charge in [-0.15, -0.1) is 0 Å². The molecule has 5 nitrogen and oxygen atoms in total. The van der Waals surface area contributed by atoms with Crippen LogP contribution < -0.4 is 9.64 Å². The lowest BCUT2D eigenvalue weighted by Crippen LogP contribution is -2.52. The van der Waals surface area contributed by atoms with Gasteiger partial charge in [0.2, 0.25) is 5.91 Å². The van der Waals surface area contributed by atoms with E-state index in [0.29, 0.717) is 23.5 Å². The number of piperazine rings is 1. The van der Waals surface area contributed by atoms with Crippen LogP contribution in [0.1, 0.15) is 15.9 Å². The van der Waals surface area contributed by atoms with Crippen LogP contribution in [0.3, 0.4) is 0 Å². The van der Waals surface area contributed by atoms with E-state index in [-0.39, 0.29) is 29.6 Å². The summed E-state index contributed by atoms with van der Waals surface area (Å²) < 4.78 is 19.3. The number of amides is 2. The summed E-state index contributed by atoms with van der Waals surface area (Å²) >= 11 is 6.11. The number of carbonyl (C=O) groups excluding carboxylic acids is 2. The zero-order valence-corrected chi connectivity index (χ0v) is 15.2. The van der Waals surface area contributed by atoms with E-state index in [1.807, 2.05) is 0 Å². The Bertz CT molecular complexity index is 872. The summed E-state index contributed by atoms with van der Waals surface area (Å²) in [4.78, 5) is 28.1. The summed E-state index contributed by atoms with van der Waals surface area (Å²) in [6.07, 6.45) is 0. The fourth-order valence-corrected chi connectivity index (χ4v) is 3.14. The third-order valence-corrected chi connectivity index (χ3v) is 4.86. The molecule has 26 heavy (non-hydrogen) atoms. The van der Waals surface area contributed by atoms with E-state index in [2.05, 4.69) is 0 Å². The molecule has 0 bridgehead atoms. The van der Waals surface area contributed by atoms with Gasteiger partial charge in [-0.2, -0.15) is 0 Å². The van der Waals surface area contributed by atoms with Crippen LogP contribution in [0.25, 0.3) is 0 Å². The molecule has 7 heteroatoms. The predicted molar refractivity (Wildman–Crippen MR) is 97.4 cm³/mol. The van der Waals surface area contributed by atoms with E-state index >= 15 is 0 Å². The number of ether oxygens (including phenoxy) is 1. The van der Waals surface area contributed by atoms with Crippen molar-refractivity contribution in [1.29, 1.82) is 0 Å². The van der Waals surface area contributed by atoms with Crippen molar-refractivity contribution in [3.05, 3.63) is 58.4 Å². The van der Waals surface area contributed by atoms with Crippen LogP contribution in [-0.4, -0.2) is 43.5 Å². The second-order valence-corrected chi connectivity index (χ2v) is 6.40.